The Labute approximate surface area is 88.2 Å². The summed E-state index contributed by atoms with van der Waals surface area (Å²) in [5.41, 5.74) is 1.71. The van der Waals surface area contributed by atoms with Gasteiger partial charge in [-0.2, -0.15) is 0 Å². The molecule has 0 saturated heterocycles. The van der Waals surface area contributed by atoms with Gasteiger partial charge in [-0.1, -0.05) is 37.3 Å². The highest BCUT2D eigenvalue weighted by Gasteiger charge is 2.06. The molecule has 2 nitrogen and oxygen atoms in total. The Morgan fingerprint density at radius 1 is 1.07 bits per heavy atom. The van der Waals surface area contributed by atoms with Gasteiger partial charge in [0.05, 0.1) is 0 Å². The van der Waals surface area contributed by atoms with Crippen molar-refractivity contribution in [1.82, 2.24) is 0 Å². The third-order valence-electron chi connectivity index (χ3n) is 2.33. The number of rotatable bonds is 2. The van der Waals surface area contributed by atoms with Crippen LogP contribution >= 0.6 is 0 Å². The van der Waals surface area contributed by atoms with E-state index in [2.05, 4.69) is 0 Å². The highest BCUT2D eigenvalue weighted by molar-refractivity contribution is 5.60. The average Bonchev–Trinajstić information content (AvgIpc) is 2.30. The molecule has 0 bridgehead atoms. The molecule has 2 rings (SSSR count). The van der Waals surface area contributed by atoms with Gasteiger partial charge in [0.1, 0.15) is 5.76 Å². The Balaban J connectivity index is 2.61. The van der Waals surface area contributed by atoms with Crippen LogP contribution in [0.1, 0.15) is 12.5 Å². The summed E-state index contributed by atoms with van der Waals surface area (Å²) in [7, 11) is 0. The summed E-state index contributed by atoms with van der Waals surface area (Å²) in [6.45, 7) is 2.04. The summed E-state index contributed by atoms with van der Waals surface area (Å²) < 4.78 is 5.23. The molecule has 0 radical (unpaired) electrons. The van der Waals surface area contributed by atoms with Gasteiger partial charge in [-0.3, -0.25) is 0 Å². The molecule has 0 saturated carbocycles. The largest absolute Gasteiger partial charge is 0.422 e. The second-order valence-corrected chi connectivity index (χ2v) is 3.33. The molecule has 0 aliphatic heterocycles. The fourth-order valence-electron chi connectivity index (χ4n) is 1.56. The van der Waals surface area contributed by atoms with E-state index in [0.29, 0.717) is 5.76 Å². The van der Waals surface area contributed by atoms with Gasteiger partial charge >= 0.3 is 5.63 Å². The van der Waals surface area contributed by atoms with Crippen LogP contribution in [0.15, 0.2) is 51.7 Å². The minimum Gasteiger partial charge on any atom is -0.422 e. The zero-order valence-electron chi connectivity index (χ0n) is 8.57. The van der Waals surface area contributed by atoms with Crippen molar-refractivity contribution >= 4 is 0 Å². The molecule has 0 aliphatic carbocycles. The monoisotopic (exact) mass is 200 g/mol. The van der Waals surface area contributed by atoms with E-state index in [1.165, 1.54) is 6.07 Å². The fraction of sp³-hybridized carbons (Fsp3) is 0.154. The third-order valence-corrected chi connectivity index (χ3v) is 2.33. The quantitative estimate of drug-likeness (QED) is 0.746. The molecule has 76 valence electrons. The van der Waals surface area contributed by atoms with Crippen LogP contribution in [-0.4, -0.2) is 0 Å². The third kappa shape index (κ3) is 1.99. The number of hydrogen-bond donors (Lipinski definition) is 0. The van der Waals surface area contributed by atoms with Gasteiger partial charge in [-0.25, -0.2) is 4.79 Å². The topological polar surface area (TPSA) is 30.2 Å². The predicted octanol–water partition coefficient (Wildman–Crippen LogP) is 2.87. The highest BCUT2D eigenvalue weighted by Crippen LogP contribution is 2.21. The molecule has 2 aromatic rings. The van der Waals surface area contributed by atoms with Crippen LogP contribution in [0.5, 0.6) is 0 Å². The molecule has 1 aromatic heterocycles. The van der Waals surface area contributed by atoms with Crippen molar-refractivity contribution < 1.29 is 4.42 Å². The first-order chi connectivity index (χ1) is 7.31. The lowest BCUT2D eigenvalue weighted by molar-refractivity contribution is 0.520. The molecule has 0 spiro atoms. The van der Waals surface area contributed by atoms with Gasteiger partial charge in [0.25, 0.3) is 0 Å². The minimum atomic E-state index is -0.300. The Kier molecular flexibility index (Phi) is 2.68. The smallest absolute Gasteiger partial charge is 0.336 e. The van der Waals surface area contributed by atoms with Crippen molar-refractivity contribution in [2.24, 2.45) is 0 Å². The summed E-state index contributed by atoms with van der Waals surface area (Å²) in [5, 5.41) is 0. The zero-order valence-corrected chi connectivity index (χ0v) is 8.57. The lowest BCUT2D eigenvalue weighted by Gasteiger charge is -2.04. The predicted molar refractivity (Wildman–Crippen MR) is 59.8 cm³/mol. The summed E-state index contributed by atoms with van der Waals surface area (Å²) >= 11 is 0. The van der Waals surface area contributed by atoms with Gasteiger partial charge in [0, 0.05) is 11.6 Å². The van der Waals surface area contributed by atoms with Gasteiger partial charge in [-0.15, -0.1) is 0 Å². The minimum absolute atomic E-state index is 0.300. The number of hydrogen-bond acceptors (Lipinski definition) is 2. The second kappa shape index (κ2) is 4.13. The van der Waals surface area contributed by atoms with Crippen molar-refractivity contribution in [3.63, 3.8) is 0 Å². The van der Waals surface area contributed by atoms with Crippen LogP contribution in [0.3, 0.4) is 0 Å². The van der Waals surface area contributed by atoms with Gasteiger partial charge in [0.15, 0.2) is 0 Å². The first kappa shape index (κ1) is 9.71. The van der Waals surface area contributed by atoms with Gasteiger partial charge in [0.2, 0.25) is 0 Å². The SMILES string of the molecule is CCc1ccc(=O)oc1-c1ccccc1. The molecule has 1 heterocycles. The summed E-state index contributed by atoms with van der Waals surface area (Å²) in [6.07, 6.45) is 0.855. The van der Waals surface area contributed by atoms with E-state index in [-0.39, 0.29) is 5.63 Å². The molecule has 0 amide bonds. The molecular weight excluding hydrogens is 188 g/mol. The van der Waals surface area contributed by atoms with Crippen LogP contribution < -0.4 is 5.63 Å². The molecular formula is C13H12O2. The van der Waals surface area contributed by atoms with E-state index in [1.807, 2.05) is 43.3 Å². The van der Waals surface area contributed by atoms with Crippen molar-refractivity contribution in [3.05, 3.63) is 58.4 Å². The molecule has 0 atom stereocenters. The van der Waals surface area contributed by atoms with Gasteiger partial charge < -0.3 is 4.42 Å². The molecule has 15 heavy (non-hydrogen) atoms. The fourth-order valence-corrected chi connectivity index (χ4v) is 1.56. The summed E-state index contributed by atoms with van der Waals surface area (Å²) in [5.74, 6) is 0.686. The highest BCUT2D eigenvalue weighted by atomic mass is 16.4. The molecule has 0 fully saturated rings. The maximum Gasteiger partial charge on any atom is 0.336 e. The van der Waals surface area contributed by atoms with Gasteiger partial charge in [-0.05, 0) is 18.1 Å². The van der Waals surface area contributed by atoms with E-state index >= 15 is 0 Å². The lowest BCUT2D eigenvalue weighted by Crippen LogP contribution is -1.99. The van der Waals surface area contributed by atoms with E-state index in [4.69, 9.17) is 4.42 Å². The number of benzene rings is 1. The Morgan fingerprint density at radius 2 is 1.80 bits per heavy atom. The van der Waals surface area contributed by atoms with Crippen molar-refractivity contribution in [2.75, 3.05) is 0 Å². The molecule has 0 unspecified atom stereocenters. The number of aryl methyl sites for hydroxylation is 1. The van der Waals surface area contributed by atoms with E-state index in [1.54, 1.807) is 0 Å². The van der Waals surface area contributed by atoms with Crippen molar-refractivity contribution in [3.8, 4) is 11.3 Å². The first-order valence-electron chi connectivity index (χ1n) is 4.99. The Morgan fingerprint density at radius 3 is 2.47 bits per heavy atom. The van der Waals surface area contributed by atoms with Crippen LogP contribution in [0, 0.1) is 0 Å². The normalized spacial score (nSPS) is 10.2. The van der Waals surface area contributed by atoms with E-state index in [0.717, 1.165) is 17.5 Å². The summed E-state index contributed by atoms with van der Waals surface area (Å²) in [6, 6.07) is 13.0. The second-order valence-electron chi connectivity index (χ2n) is 3.33. The van der Waals surface area contributed by atoms with Crippen molar-refractivity contribution in [2.45, 2.75) is 13.3 Å². The van der Waals surface area contributed by atoms with Crippen LogP contribution in [0.25, 0.3) is 11.3 Å². The molecule has 2 heteroatoms. The average molecular weight is 200 g/mol. The molecule has 0 N–H and O–H groups in total. The van der Waals surface area contributed by atoms with E-state index < -0.39 is 0 Å². The maximum atomic E-state index is 11.2. The summed E-state index contributed by atoms with van der Waals surface area (Å²) in [4.78, 5) is 11.2. The van der Waals surface area contributed by atoms with E-state index in [9.17, 15) is 4.79 Å². The van der Waals surface area contributed by atoms with Crippen LogP contribution in [-0.2, 0) is 6.42 Å². The van der Waals surface area contributed by atoms with Crippen molar-refractivity contribution in [1.29, 1.82) is 0 Å². The zero-order chi connectivity index (χ0) is 10.7. The first-order valence-corrected chi connectivity index (χ1v) is 4.99. The standard InChI is InChI=1S/C13H12O2/c1-2-10-8-9-12(14)15-13(10)11-6-4-3-5-7-11/h3-9H,2H2,1H3. The van der Waals surface area contributed by atoms with Crippen LogP contribution in [0.2, 0.25) is 0 Å². The maximum absolute atomic E-state index is 11.2. The Hall–Kier alpha value is -1.83. The van der Waals surface area contributed by atoms with Crippen LogP contribution in [0.4, 0.5) is 0 Å². The molecule has 0 aliphatic rings. The lowest BCUT2D eigenvalue weighted by atomic mass is 10.1. The molecule has 1 aromatic carbocycles. The Bertz CT molecular complexity index is 497.